The zero-order valence-electron chi connectivity index (χ0n) is 16.9. The van der Waals surface area contributed by atoms with E-state index in [1.807, 2.05) is 18.4 Å². The van der Waals surface area contributed by atoms with Gasteiger partial charge < -0.3 is 25.4 Å². The van der Waals surface area contributed by atoms with Crippen LogP contribution in [0.15, 0.2) is 40.7 Å². The minimum absolute atomic E-state index is 0.0571. The fourth-order valence-corrected chi connectivity index (χ4v) is 3.16. The molecule has 1 heterocycles. The Kier molecular flexibility index (Phi) is 9.85. The fraction of sp³-hybridized carbons (Fsp3) is 0.400. The zero-order chi connectivity index (χ0) is 21.8. The standard InChI is InChI=1S/C20H26F2N4O3S/c1-3-23-20(25-10-5-9-24-18(27)17-6-4-11-30-17)26-13-14-12-15(28-2)7-8-16(14)29-19(21)22/h4,6-8,11-12,19H,3,5,9-10,13H2,1-2H3,(H,24,27)(H2,23,25,26). The number of hydrogen-bond donors (Lipinski definition) is 3. The van der Waals surface area contributed by atoms with E-state index < -0.39 is 6.61 Å². The summed E-state index contributed by atoms with van der Waals surface area (Å²) in [6.07, 6.45) is 0.695. The molecule has 0 radical (unpaired) electrons. The molecule has 0 atom stereocenters. The number of hydrogen-bond acceptors (Lipinski definition) is 5. The van der Waals surface area contributed by atoms with E-state index in [1.54, 1.807) is 18.2 Å². The van der Waals surface area contributed by atoms with Crippen molar-refractivity contribution in [3.05, 3.63) is 46.2 Å². The molecular formula is C20H26F2N4O3S. The van der Waals surface area contributed by atoms with Crippen molar-refractivity contribution in [2.45, 2.75) is 26.5 Å². The minimum atomic E-state index is -2.92. The summed E-state index contributed by atoms with van der Waals surface area (Å²) in [5, 5.41) is 11.0. The third kappa shape index (κ3) is 7.86. The Bertz CT molecular complexity index is 816. The second kappa shape index (κ2) is 12.6. The number of ether oxygens (including phenoxy) is 2. The first kappa shape index (κ1) is 23.4. The molecule has 0 saturated heterocycles. The minimum Gasteiger partial charge on any atom is -0.497 e. The number of rotatable bonds is 11. The van der Waals surface area contributed by atoms with E-state index in [-0.39, 0.29) is 18.2 Å². The molecule has 2 rings (SSSR count). The summed E-state index contributed by atoms with van der Waals surface area (Å²) in [6.45, 7) is 0.871. The number of benzene rings is 1. The van der Waals surface area contributed by atoms with Crippen molar-refractivity contribution in [3.8, 4) is 11.5 Å². The molecule has 1 amide bonds. The molecule has 0 bridgehead atoms. The molecule has 0 saturated carbocycles. The van der Waals surface area contributed by atoms with E-state index in [0.29, 0.717) is 48.2 Å². The number of alkyl halides is 2. The molecule has 2 aromatic rings. The number of carbonyl (C=O) groups excluding carboxylic acids is 1. The van der Waals surface area contributed by atoms with Gasteiger partial charge >= 0.3 is 6.61 Å². The molecule has 30 heavy (non-hydrogen) atoms. The van der Waals surface area contributed by atoms with Crippen LogP contribution in [0.2, 0.25) is 0 Å². The molecule has 3 N–H and O–H groups in total. The quantitative estimate of drug-likeness (QED) is 0.284. The Morgan fingerprint density at radius 1 is 1.20 bits per heavy atom. The van der Waals surface area contributed by atoms with E-state index in [0.717, 1.165) is 0 Å². The third-order valence-corrected chi connectivity index (χ3v) is 4.78. The van der Waals surface area contributed by atoms with Gasteiger partial charge in [0.05, 0.1) is 18.5 Å². The molecule has 0 unspecified atom stereocenters. The lowest BCUT2D eigenvalue weighted by Gasteiger charge is -2.13. The fourth-order valence-electron chi connectivity index (χ4n) is 2.52. The summed E-state index contributed by atoms with van der Waals surface area (Å²) in [6, 6.07) is 8.22. The lowest BCUT2D eigenvalue weighted by molar-refractivity contribution is -0.0504. The number of carbonyl (C=O) groups is 1. The van der Waals surface area contributed by atoms with Crippen LogP contribution >= 0.6 is 11.3 Å². The van der Waals surface area contributed by atoms with E-state index in [4.69, 9.17) is 4.74 Å². The summed E-state index contributed by atoms with van der Waals surface area (Å²) in [4.78, 5) is 17.0. The smallest absolute Gasteiger partial charge is 0.387 e. The molecule has 0 spiro atoms. The number of nitrogens with zero attached hydrogens (tertiary/aromatic N) is 1. The van der Waals surface area contributed by atoms with Gasteiger partial charge in [-0.15, -0.1) is 11.3 Å². The van der Waals surface area contributed by atoms with Crippen LogP contribution in [-0.2, 0) is 6.54 Å². The van der Waals surface area contributed by atoms with E-state index in [9.17, 15) is 13.6 Å². The van der Waals surface area contributed by atoms with Crippen LogP contribution in [0.1, 0.15) is 28.6 Å². The predicted molar refractivity (Wildman–Crippen MR) is 114 cm³/mol. The van der Waals surface area contributed by atoms with Gasteiger partial charge in [0, 0.05) is 25.2 Å². The molecule has 0 aliphatic carbocycles. The number of guanidine groups is 1. The highest BCUT2D eigenvalue weighted by atomic mass is 32.1. The molecule has 0 aliphatic heterocycles. The average Bonchev–Trinajstić information content (AvgIpc) is 3.27. The van der Waals surface area contributed by atoms with Gasteiger partial charge in [-0.3, -0.25) is 4.79 Å². The van der Waals surface area contributed by atoms with Gasteiger partial charge in [-0.25, -0.2) is 4.99 Å². The SMILES string of the molecule is CCNC(=NCc1cc(OC)ccc1OC(F)F)NCCCNC(=O)c1cccs1. The molecular weight excluding hydrogens is 414 g/mol. The third-order valence-electron chi connectivity index (χ3n) is 3.91. The molecule has 0 fully saturated rings. The normalized spacial score (nSPS) is 11.3. The maximum Gasteiger partial charge on any atom is 0.387 e. The Morgan fingerprint density at radius 2 is 2.00 bits per heavy atom. The molecule has 10 heteroatoms. The van der Waals surface area contributed by atoms with Gasteiger partial charge in [0.25, 0.3) is 5.91 Å². The summed E-state index contributed by atoms with van der Waals surface area (Å²) in [7, 11) is 1.50. The van der Waals surface area contributed by atoms with Gasteiger partial charge in [0.1, 0.15) is 11.5 Å². The van der Waals surface area contributed by atoms with Crippen LogP contribution in [0.25, 0.3) is 0 Å². The Labute approximate surface area is 178 Å². The first-order valence-electron chi connectivity index (χ1n) is 9.49. The molecule has 7 nitrogen and oxygen atoms in total. The second-order valence-electron chi connectivity index (χ2n) is 6.06. The number of methoxy groups -OCH3 is 1. The van der Waals surface area contributed by atoms with Crippen molar-refractivity contribution in [1.29, 1.82) is 0 Å². The molecule has 164 valence electrons. The van der Waals surface area contributed by atoms with Crippen LogP contribution in [0.4, 0.5) is 8.78 Å². The summed E-state index contributed by atoms with van der Waals surface area (Å²) in [5.41, 5.74) is 0.482. The number of amides is 1. The highest BCUT2D eigenvalue weighted by molar-refractivity contribution is 7.12. The largest absolute Gasteiger partial charge is 0.497 e. The Morgan fingerprint density at radius 3 is 2.67 bits per heavy atom. The average molecular weight is 441 g/mol. The van der Waals surface area contributed by atoms with Gasteiger partial charge in [-0.1, -0.05) is 6.07 Å². The molecule has 1 aromatic heterocycles. The molecule has 1 aromatic carbocycles. The maximum atomic E-state index is 12.6. The Balaban J connectivity index is 1.88. The highest BCUT2D eigenvalue weighted by Gasteiger charge is 2.11. The van der Waals surface area contributed by atoms with Crippen LogP contribution in [0.3, 0.4) is 0 Å². The maximum absolute atomic E-state index is 12.6. The van der Waals surface area contributed by atoms with E-state index in [1.165, 1.54) is 24.5 Å². The first-order valence-corrected chi connectivity index (χ1v) is 10.4. The van der Waals surface area contributed by atoms with Crippen LogP contribution < -0.4 is 25.4 Å². The van der Waals surface area contributed by atoms with Crippen molar-refractivity contribution in [1.82, 2.24) is 16.0 Å². The van der Waals surface area contributed by atoms with Gasteiger partial charge in [-0.05, 0) is 43.0 Å². The van der Waals surface area contributed by atoms with E-state index >= 15 is 0 Å². The van der Waals surface area contributed by atoms with Crippen molar-refractivity contribution in [2.75, 3.05) is 26.7 Å². The number of nitrogens with one attached hydrogen (secondary N) is 3. The van der Waals surface area contributed by atoms with Gasteiger partial charge in [0.2, 0.25) is 0 Å². The van der Waals surface area contributed by atoms with Crippen molar-refractivity contribution in [2.24, 2.45) is 4.99 Å². The van der Waals surface area contributed by atoms with E-state index in [2.05, 4.69) is 25.7 Å². The van der Waals surface area contributed by atoms with Crippen molar-refractivity contribution in [3.63, 3.8) is 0 Å². The lowest BCUT2D eigenvalue weighted by Crippen LogP contribution is -2.38. The monoisotopic (exact) mass is 440 g/mol. The second-order valence-corrected chi connectivity index (χ2v) is 7.01. The van der Waals surface area contributed by atoms with Gasteiger partial charge in [0.15, 0.2) is 5.96 Å². The van der Waals surface area contributed by atoms with Gasteiger partial charge in [-0.2, -0.15) is 8.78 Å². The topological polar surface area (TPSA) is 84.0 Å². The Hall–Kier alpha value is -2.88. The number of halogens is 2. The highest BCUT2D eigenvalue weighted by Crippen LogP contribution is 2.26. The summed E-state index contributed by atoms with van der Waals surface area (Å²) < 4.78 is 35.0. The summed E-state index contributed by atoms with van der Waals surface area (Å²) >= 11 is 1.40. The van der Waals surface area contributed by atoms with Crippen molar-refractivity contribution >= 4 is 23.2 Å². The lowest BCUT2D eigenvalue weighted by atomic mass is 10.2. The van der Waals surface area contributed by atoms with Crippen LogP contribution in [-0.4, -0.2) is 45.2 Å². The summed E-state index contributed by atoms with van der Waals surface area (Å²) in [5.74, 6) is 1.03. The number of aliphatic imine (C=N–C) groups is 1. The first-order chi connectivity index (χ1) is 14.5. The van der Waals surface area contributed by atoms with Crippen LogP contribution in [0.5, 0.6) is 11.5 Å². The van der Waals surface area contributed by atoms with Crippen molar-refractivity contribution < 1.29 is 23.0 Å². The predicted octanol–water partition coefficient (Wildman–Crippen LogP) is 3.23. The number of thiophene rings is 1. The molecule has 0 aliphatic rings. The zero-order valence-corrected chi connectivity index (χ0v) is 17.7. The van der Waals surface area contributed by atoms with Crippen LogP contribution in [0, 0.1) is 0 Å².